The third-order valence-corrected chi connectivity index (χ3v) is 0.862. The molecule has 0 aromatic heterocycles. The zero-order valence-electron chi connectivity index (χ0n) is 4.81. The lowest BCUT2D eigenvalue weighted by Gasteiger charge is -1.91. The molecule has 0 bridgehead atoms. The summed E-state index contributed by atoms with van der Waals surface area (Å²) in [6.45, 7) is 1.90. The molecule has 0 spiro atoms. The van der Waals surface area contributed by atoms with Crippen LogP contribution in [0.5, 0.6) is 0 Å². The molecule has 0 fully saturated rings. The van der Waals surface area contributed by atoms with Gasteiger partial charge in [0.2, 0.25) is 12.6 Å². The van der Waals surface area contributed by atoms with E-state index in [1.807, 2.05) is 6.92 Å². The van der Waals surface area contributed by atoms with Gasteiger partial charge in [-0.3, -0.25) is 9.59 Å². The third kappa shape index (κ3) is 2.50. The molecular weight excluding hydrogens is 104 g/mol. The number of hydrogen-bond donors (Lipinski definition) is 0. The largest absolute Gasteiger partial charge is 0.290 e. The van der Waals surface area contributed by atoms with Crippen LogP contribution in [0.2, 0.25) is 0 Å². The van der Waals surface area contributed by atoms with E-state index in [0.717, 1.165) is 6.42 Å². The lowest BCUT2D eigenvalue weighted by atomic mass is 10.1. The van der Waals surface area contributed by atoms with Gasteiger partial charge in [-0.2, -0.15) is 0 Å². The summed E-state index contributed by atoms with van der Waals surface area (Å²) in [4.78, 5) is 19.5. The Kier molecular flexibility index (Phi) is 4.13. The smallest absolute Gasteiger partial charge is 0.210 e. The number of hydrogen-bond acceptors (Lipinski definition) is 2. The van der Waals surface area contributed by atoms with Crippen LogP contribution >= 0.6 is 0 Å². The molecule has 0 saturated carbocycles. The van der Waals surface area contributed by atoms with E-state index >= 15 is 0 Å². The molecule has 0 saturated heterocycles. The van der Waals surface area contributed by atoms with Crippen molar-refractivity contribution < 1.29 is 9.59 Å². The van der Waals surface area contributed by atoms with Gasteiger partial charge in [-0.15, -0.1) is 0 Å². The van der Waals surface area contributed by atoms with Gasteiger partial charge < -0.3 is 0 Å². The van der Waals surface area contributed by atoms with E-state index in [1.54, 1.807) is 12.6 Å². The third-order valence-electron chi connectivity index (χ3n) is 0.862. The lowest BCUT2D eigenvalue weighted by Crippen LogP contribution is -2.01. The monoisotopic (exact) mass is 112 g/mol. The molecule has 2 nitrogen and oxygen atoms in total. The molecule has 0 N–H and O–H groups in total. The summed E-state index contributed by atoms with van der Waals surface area (Å²) in [7, 11) is 0. The SMILES string of the molecule is CCCC([C]=O)[C]=O. The molecule has 2 radical (unpaired) electrons. The van der Waals surface area contributed by atoms with Crippen molar-refractivity contribution in [3.8, 4) is 0 Å². The van der Waals surface area contributed by atoms with E-state index in [0.29, 0.717) is 6.42 Å². The summed E-state index contributed by atoms with van der Waals surface area (Å²) in [6.07, 6.45) is 4.56. The van der Waals surface area contributed by atoms with Crippen LogP contribution in [0.4, 0.5) is 0 Å². The summed E-state index contributed by atoms with van der Waals surface area (Å²) >= 11 is 0. The fourth-order valence-electron chi connectivity index (χ4n) is 0.431. The van der Waals surface area contributed by atoms with Crippen molar-refractivity contribution in [1.29, 1.82) is 0 Å². The van der Waals surface area contributed by atoms with Gasteiger partial charge in [0.25, 0.3) is 0 Å². The molecular formula is C6H8O2. The number of rotatable bonds is 4. The van der Waals surface area contributed by atoms with Crippen LogP contribution in [0.25, 0.3) is 0 Å². The van der Waals surface area contributed by atoms with E-state index in [-0.39, 0.29) is 0 Å². The molecule has 0 unspecified atom stereocenters. The van der Waals surface area contributed by atoms with Crippen molar-refractivity contribution in [3.63, 3.8) is 0 Å². The lowest BCUT2D eigenvalue weighted by molar-refractivity contribution is 0.508. The first-order valence-corrected chi connectivity index (χ1v) is 2.60. The molecule has 0 heterocycles. The summed E-state index contributed by atoms with van der Waals surface area (Å²) in [5.74, 6) is -0.611. The minimum absolute atomic E-state index is 0.576. The molecule has 44 valence electrons. The van der Waals surface area contributed by atoms with Crippen molar-refractivity contribution in [2.75, 3.05) is 0 Å². The van der Waals surface area contributed by atoms with Gasteiger partial charge in [0.05, 0.1) is 5.92 Å². The molecule has 2 heteroatoms. The highest BCUT2D eigenvalue weighted by atomic mass is 16.1. The minimum atomic E-state index is -0.611. The van der Waals surface area contributed by atoms with Crippen LogP contribution in [0.15, 0.2) is 0 Å². The highest BCUT2D eigenvalue weighted by Gasteiger charge is 2.03. The molecule has 0 aliphatic carbocycles. The minimum Gasteiger partial charge on any atom is -0.290 e. The van der Waals surface area contributed by atoms with Crippen molar-refractivity contribution in [1.82, 2.24) is 0 Å². The summed E-state index contributed by atoms with van der Waals surface area (Å²) in [6, 6.07) is 0. The maximum Gasteiger partial charge on any atom is 0.210 e. The normalized spacial score (nSPS) is 9.25. The highest BCUT2D eigenvalue weighted by molar-refractivity contribution is 5.77. The van der Waals surface area contributed by atoms with Crippen molar-refractivity contribution >= 4 is 12.6 Å². The predicted octanol–water partition coefficient (Wildman–Crippen LogP) is 0.622. The van der Waals surface area contributed by atoms with Crippen LogP contribution in [0, 0.1) is 5.92 Å². The molecule has 0 aromatic carbocycles. The Morgan fingerprint density at radius 2 is 1.88 bits per heavy atom. The maximum atomic E-state index is 9.74. The Morgan fingerprint density at radius 1 is 1.38 bits per heavy atom. The van der Waals surface area contributed by atoms with E-state index in [9.17, 15) is 9.59 Å². The first kappa shape index (κ1) is 7.34. The molecule has 0 aliphatic rings. The van der Waals surface area contributed by atoms with Gasteiger partial charge >= 0.3 is 0 Å². The zero-order chi connectivity index (χ0) is 6.41. The van der Waals surface area contributed by atoms with Gasteiger partial charge in [-0.05, 0) is 6.42 Å². The second-order valence-electron chi connectivity index (χ2n) is 1.58. The Hall–Kier alpha value is -0.660. The van der Waals surface area contributed by atoms with Crippen molar-refractivity contribution in [2.24, 2.45) is 5.92 Å². The number of carbonyl (C=O) groups excluding carboxylic acids is 2. The van der Waals surface area contributed by atoms with Gasteiger partial charge in [0, 0.05) is 0 Å². The predicted molar refractivity (Wildman–Crippen MR) is 29.8 cm³/mol. The Bertz CT molecular complexity index is 70.6. The molecule has 0 aliphatic heterocycles. The zero-order valence-corrected chi connectivity index (χ0v) is 4.81. The molecule has 0 rings (SSSR count). The highest BCUT2D eigenvalue weighted by Crippen LogP contribution is 1.97. The Morgan fingerprint density at radius 3 is 2.00 bits per heavy atom. The van der Waals surface area contributed by atoms with Gasteiger partial charge in [-0.1, -0.05) is 13.3 Å². The average molecular weight is 112 g/mol. The second-order valence-corrected chi connectivity index (χ2v) is 1.58. The average Bonchev–Trinajstić information content (AvgIpc) is 1.83. The topological polar surface area (TPSA) is 34.1 Å². The van der Waals surface area contributed by atoms with E-state index in [1.165, 1.54) is 0 Å². The molecule has 8 heavy (non-hydrogen) atoms. The molecule has 0 amide bonds. The molecule has 0 aromatic rings. The summed E-state index contributed by atoms with van der Waals surface area (Å²) in [5, 5.41) is 0. The van der Waals surface area contributed by atoms with Crippen molar-refractivity contribution in [3.05, 3.63) is 0 Å². The fraction of sp³-hybridized carbons (Fsp3) is 0.667. The first-order chi connectivity index (χ1) is 3.85. The first-order valence-electron chi connectivity index (χ1n) is 2.60. The van der Waals surface area contributed by atoms with Crippen LogP contribution in [0.3, 0.4) is 0 Å². The summed E-state index contributed by atoms with van der Waals surface area (Å²) < 4.78 is 0. The maximum absolute atomic E-state index is 9.74. The van der Waals surface area contributed by atoms with Crippen LogP contribution < -0.4 is 0 Å². The Labute approximate surface area is 48.9 Å². The van der Waals surface area contributed by atoms with Gasteiger partial charge in [0.15, 0.2) is 0 Å². The molecule has 0 atom stereocenters. The van der Waals surface area contributed by atoms with E-state index in [4.69, 9.17) is 0 Å². The fourth-order valence-corrected chi connectivity index (χ4v) is 0.431. The van der Waals surface area contributed by atoms with Crippen LogP contribution in [0.1, 0.15) is 19.8 Å². The van der Waals surface area contributed by atoms with Crippen LogP contribution in [-0.4, -0.2) is 12.6 Å². The van der Waals surface area contributed by atoms with E-state index < -0.39 is 5.92 Å². The van der Waals surface area contributed by atoms with Gasteiger partial charge in [0.1, 0.15) is 0 Å². The van der Waals surface area contributed by atoms with Crippen molar-refractivity contribution in [2.45, 2.75) is 19.8 Å². The van der Waals surface area contributed by atoms with Crippen LogP contribution in [-0.2, 0) is 9.59 Å². The van der Waals surface area contributed by atoms with Gasteiger partial charge in [-0.25, -0.2) is 0 Å². The quantitative estimate of drug-likeness (QED) is 0.499. The van der Waals surface area contributed by atoms with E-state index in [2.05, 4.69) is 0 Å². The summed E-state index contributed by atoms with van der Waals surface area (Å²) in [5.41, 5.74) is 0. The Balaban J connectivity index is 3.35. The second kappa shape index (κ2) is 4.50. The standard InChI is InChI=1S/C6H8O2/c1-2-3-6(4-7)5-8/h6H,2-3H2,1H3.